The van der Waals surface area contributed by atoms with Gasteiger partial charge in [0.15, 0.2) is 5.78 Å². The van der Waals surface area contributed by atoms with Crippen LogP contribution in [0, 0.1) is 5.41 Å². The number of fused-ring (bicyclic) bond motifs is 8. The molecule has 3 aliphatic rings. The van der Waals surface area contributed by atoms with Gasteiger partial charge in [-0.1, -0.05) is 116 Å². The van der Waals surface area contributed by atoms with E-state index in [4.69, 9.17) is 4.74 Å². The van der Waals surface area contributed by atoms with Gasteiger partial charge in [-0.3, -0.25) is 4.79 Å². The summed E-state index contributed by atoms with van der Waals surface area (Å²) < 4.78 is 5.53. The molecule has 3 aliphatic carbocycles. The summed E-state index contributed by atoms with van der Waals surface area (Å²) >= 11 is 0. The Morgan fingerprint density at radius 1 is 0.882 bits per heavy atom. The Labute approximate surface area is 302 Å². The van der Waals surface area contributed by atoms with Crippen molar-refractivity contribution in [2.45, 2.75) is 89.9 Å². The van der Waals surface area contributed by atoms with Crippen molar-refractivity contribution in [2.75, 3.05) is 13.2 Å². The van der Waals surface area contributed by atoms with Gasteiger partial charge >= 0.3 is 6.09 Å². The summed E-state index contributed by atoms with van der Waals surface area (Å²) in [7, 11) is 0. The molecule has 6 heteroatoms. The summed E-state index contributed by atoms with van der Waals surface area (Å²) in [4.78, 5) is 30.0. The molecule has 6 nitrogen and oxygen atoms in total. The minimum Gasteiger partial charge on any atom is -0.450 e. The first-order valence-corrected chi connectivity index (χ1v) is 18.5. The molecule has 1 fully saturated rings. The molecule has 0 unspecified atom stereocenters. The summed E-state index contributed by atoms with van der Waals surface area (Å²) in [5.41, 5.74) is 5.11. The van der Waals surface area contributed by atoms with Crippen LogP contribution in [0.25, 0.3) is 11.1 Å². The Morgan fingerprint density at radius 3 is 2.33 bits per heavy atom. The van der Waals surface area contributed by atoms with Crippen molar-refractivity contribution in [3.8, 4) is 11.1 Å². The van der Waals surface area contributed by atoms with Crippen molar-refractivity contribution in [1.29, 1.82) is 0 Å². The highest BCUT2D eigenvalue weighted by Gasteiger charge is 2.57. The highest BCUT2D eigenvalue weighted by Crippen LogP contribution is 2.59. The Hall–Kier alpha value is -4.52. The summed E-state index contributed by atoms with van der Waals surface area (Å²) in [6.07, 6.45) is 5.62. The van der Waals surface area contributed by atoms with E-state index >= 15 is 0 Å². The highest BCUT2D eigenvalue weighted by atomic mass is 16.6. The third kappa shape index (κ3) is 7.88. The van der Waals surface area contributed by atoms with Crippen molar-refractivity contribution in [2.24, 2.45) is 5.41 Å². The van der Waals surface area contributed by atoms with Crippen LogP contribution >= 0.6 is 0 Å². The maximum Gasteiger partial charge on any atom is 0.410 e. The van der Waals surface area contributed by atoms with Crippen LogP contribution < -0.4 is 0 Å². The number of aliphatic hydroxyl groups is 2. The lowest BCUT2D eigenvalue weighted by atomic mass is 9.64. The molecular formula is C45H51NO5. The second-order valence-corrected chi connectivity index (χ2v) is 14.7. The van der Waals surface area contributed by atoms with Gasteiger partial charge in [-0.15, -0.1) is 0 Å². The second kappa shape index (κ2) is 15.8. The van der Waals surface area contributed by atoms with Gasteiger partial charge in [0.25, 0.3) is 0 Å². The van der Waals surface area contributed by atoms with Crippen LogP contribution in [-0.4, -0.2) is 51.8 Å². The van der Waals surface area contributed by atoms with E-state index in [1.54, 1.807) is 11.8 Å². The van der Waals surface area contributed by atoms with Crippen LogP contribution in [0.4, 0.5) is 4.79 Å². The molecule has 0 radical (unpaired) electrons. The van der Waals surface area contributed by atoms with Gasteiger partial charge in [0.2, 0.25) is 0 Å². The number of aliphatic hydroxyl groups excluding tert-OH is 1. The molecule has 1 saturated carbocycles. The molecule has 0 saturated heterocycles. The number of nitrogens with zero attached hydrogens (tertiary/aromatic N) is 1. The lowest BCUT2D eigenvalue weighted by Gasteiger charge is -2.46. The molecule has 4 atom stereocenters. The first-order valence-electron chi connectivity index (χ1n) is 18.5. The molecule has 4 aromatic carbocycles. The van der Waals surface area contributed by atoms with E-state index in [1.165, 1.54) is 5.57 Å². The zero-order chi connectivity index (χ0) is 36.0. The van der Waals surface area contributed by atoms with Crippen molar-refractivity contribution in [1.82, 2.24) is 4.90 Å². The third-order valence-corrected chi connectivity index (χ3v) is 11.4. The highest BCUT2D eigenvalue weighted by molar-refractivity contribution is 6.13. The number of carbonyl (C=O) groups is 2. The maximum atomic E-state index is 14.9. The minimum absolute atomic E-state index is 0.0707. The van der Waals surface area contributed by atoms with E-state index in [9.17, 15) is 19.8 Å². The Balaban J connectivity index is 1.46. The number of ether oxygens (including phenoxy) is 1. The number of rotatable bonds is 8. The van der Waals surface area contributed by atoms with Crippen LogP contribution in [0.5, 0.6) is 0 Å². The number of carbonyl (C=O) groups excluding carboxylic acids is 2. The zero-order valence-electron chi connectivity index (χ0n) is 30.2. The molecule has 0 aliphatic heterocycles. The Kier molecular flexibility index (Phi) is 11.2. The fraction of sp³-hybridized carbons (Fsp3) is 0.378. The number of hydrogen-bond donors (Lipinski definition) is 2. The predicted molar refractivity (Wildman–Crippen MR) is 203 cm³/mol. The molecule has 0 spiro atoms. The van der Waals surface area contributed by atoms with E-state index in [0.717, 1.165) is 40.7 Å². The van der Waals surface area contributed by atoms with Crippen LogP contribution in [0.2, 0.25) is 0 Å². The number of amides is 1. The third-order valence-electron chi connectivity index (χ3n) is 11.4. The standard InChI is InChI=1S/C45H51NO5/c1-4-51-43(49)46(30-33-15-7-5-8-16-33)31-45(50)27-25-41-38-24-22-34(28-36(47)23-21-32(2)14-13-26-44(41,45)3)29-40(38)42(48)39-20-12-11-19-37(39)35-17-9-6-10-18-35/h5-12,14-20,22,24,29,36,41,47,50H,4,13,21,23,25-28,30-31H2,1-3H3/t36-,41-,44-,45+/m0/s1. The monoisotopic (exact) mass is 685 g/mol. The predicted octanol–water partition coefficient (Wildman–Crippen LogP) is 9.28. The SMILES string of the molecule is CCOC(=O)N(Cc1ccccc1)C[C@]1(O)CC[C@H]2c3ccc(cc3C(=O)c3ccccc3-c3ccccc3)C[C@@H](O)CCC(C)=CCC[C@@]21C. The normalized spacial score (nSPS) is 23.5. The number of ketones is 1. The smallest absolute Gasteiger partial charge is 0.410 e. The van der Waals surface area contributed by atoms with Crippen molar-refractivity contribution in [3.63, 3.8) is 0 Å². The molecular weight excluding hydrogens is 634 g/mol. The lowest BCUT2D eigenvalue weighted by molar-refractivity contribution is -0.0821. The summed E-state index contributed by atoms with van der Waals surface area (Å²) in [5.74, 6) is -0.236. The van der Waals surface area contributed by atoms with Crippen LogP contribution in [-0.2, 0) is 17.7 Å². The average Bonchev–Trinajstić information content (AvgIpc) is 3.39. The largest absolute Gasteiger partial charge is 0.450 e. The van der Waals surface area contributed by atoms with Crippen LogP contribution in [0.15, 0.2) is 115 Å². The lowest BCUT2D eigenvalue weighted by Crippen LogP contribution is -2.53. The van der Waals surface area contributed by atoms with Crippen molar-refractivity contribution in [3.05, 3.63) is 143 Å². The first-order chi connectivity index (χ1) is 24.6. The van der Waals surface area contributed by atoms with Gasteiger partial charge in [-0.25, -0.2) is 4.79 Å². The maximum absolute atomic E-state index is 14.9. The van der Waals surface area contributed by atoms with Gasteiger partial charge in [0.1, 0.15) is 0 Å². The Morgan fingerprint density at radius 2 is 1.59 bits per heavy atom. The van der Waals surface area contributed by atoms with Gasteiger partial charge in [0.05, 0.1) is 24.9 Å². The molecule has 1 amide bonds. The molecule has 51 heavy (non-hydrogen) atoms. The molecule has 0 heterocycles. The number of hydrogen-bond acceptors (Lipinski definition) is 5. The number of allylic oxidation sites excluding steroid dienone is 2. The fourth-order valence-electron chi connectivity index (χ4n) is 8.41. The van der Waals surface area contributed by atoms with Gasteiger partial charge < -0.3 is 19.8 Å². The minimum atomic E-state index is -1.25. The summed E-state index contributed by atoms with van der Waals surface area (Å²) in [6.45, 7) is 6.72. The van der Waals surface area contributed by atoms with Gasteiger partial charge in [-0.05, 0) is 98.6 Å². The number of benzene rings is 4. The van der Waals surface area contributed by atoms with Crippen molar-refractivity contribution < 1.29 is 24.5 Å². The topological polar surface area (TPSA) is 87.1 Å². The molecule has 7 rings (SSSR count). The molecule has 266 valence electrons. The quantitative estimate of drug-likeness (QED) is 0.143. The molecule has 4 aromatic rings. The second-order valence-electron chi connectivity index (χ2n) is 14.7. The van der Waals surface area contributed by atoms with Crippen molar-refractivity contribution >= 4 is 11.9 Å². The van der Waals surface area contributed by atoms with E-state index in [2.05, 4.69) is 26.0 Å². The van der Waals surface area contributed by atoms with E-state index in [0.29, 0.717) is 49.8 Å². The Bertz CT molecular complexity index is 1850. The summed E-state index contributed by atoms with van der Waals surface area (Å²) in [6, 6.07) is 33.6. The van der Waals surface area contributed by atoms with Crippen LogP contribution in [0.3, 0.4) is 0 Å². The molecule has 0 aromatic heterocycles. The molecule has 2 N–H and O–H groups in total. The summed E-state index contributed by atoms with van der Waals surface area (Å²) in [5, 5.41) is 24.0. The zero-order valence-corrected chi connectivity index (χ0v) is 30.2. The first kappa shape index (κ1) is 36.3. The van der Waals surface area contributed by atoms with E-state index in [1.807, 2.05) is 97.1 Å². The fourth-order valence-corrected chi connectivity index (χ4v) is 8.41. The van der Waals surface area contributed by atoms with E-state index in [-0.39, 0.29) is 24.9 Å². The molecule has 2 bridgehead atoms. The van der Waals surface area contributed by atoms with Gasteiger partial charge in [0, 0.05) is 23.1 Å². The average molecular weight is 686 g/mol. The van der Waals surface area contributed by atoms with Gasteiger partial charge in [-0.2, -0.15) is 0 Å². The van der Waals surface area contributed by atoms with Crippen LogP contribution in [0.1, 0.15) is 97.8 Å². The van der Waals surface area contributed by atoms with E-state index < -0.39 is 23.2 Å².